The summed E-state index contributed by atoms with van der Waals surface area (Å²) in [6.45, 7) is -0.0110. The van der Waals surface area contributed by atoms with Crippen molar-refractivity contribution in [2.75, 3.05) is 19.0 Å². The monoisotopic (exact) mass is 309 g/mol. The summed E-state index contributed by atoms with van der Waals surface area (Å²) < 4.78 is 4.84. The molecule has 0 aliphatic carbocycles. The van der Waals surface area contributed by atoms with Crippen molar-refractivity contribution in [3.8, 4) is 0 Å². The van der Waals surface area contributed by atoms with Gasteiger partial charge in [-0.2, -0.15) is 0 Å². The third-order valence-corrected chi connectivity index (χ3v) is 2.43. The predicted molar refractivity (Wildman–Crippen MR) is 58.1 cm³/mol. The normalized spacial score (nSPS) is 9.57. The molecule has 0 fully saturated rings. The van der Waals surface area contributed by atoms with Crippen molar-refractivity contribution in [3.05, 3.63) is 20.3 Å². The molecule has 0 radical (unpaired) electrons. The average molecular weight is 309 g/mol. The highest BCUT2D eigenvalue weighted by Crippen LogP contribution is 2.07. The summed E-state index contributed by atoms with van der Waals surface area (Å²) >= 11 is 1.84. The lowest BCUT2D eigenvalue weighted by molar-refractivity contribution is -0.138. The van der Waals surface area contributed by atoms with Gasteiger partial charge in [0.25, 0.3) is 5.56 Å². The number of rotatable bonds is 3. The van der Waals surface area contributed by atoms with Crippen LogP contribution in [-0.2, 0) is 9.53 Å². The van der Waals surface area contributed by atoms with Crippen LogP contribution in [0.1, 0.15) is 0 Å². The molecule has 0 aliphatic heterocycles. The van der Waals surface area contributed by atoms with Gasteiger partial charge in [0.1, 0.15) is 15.9 Å². The van der Waals surface area contributed by atoms with E-state index in [1.54, 1.807) is 0 Å². The van der Waals surface area contributed by atoms with Crippen molar-refractivity contribution in [1.82, 2.24) is 9.97 Å². The number of esters is 1. The molecular formula is C7H8IN3O3. The van der Waals surface area contributed by atoms with Gasteiger partial charge in [-0.15, -0.1) is 0 Å². The molecule has 0 atom stereocenters. The maximum atomic E-state index is 11.1. The van der Waals surface area contributed by atoms with Crippen LogP contribution in [0.5, 0.6) is 0 Å². The number of aromatic amines is 1. The molecule has 0 bridgehead atoms. The number of halogens is 1. The Labute approximate surface area is 93.2 Å². The number of carbonyl (C=O) groups is 1. The Hall–Kier alpha value is -1.12. The lowest BCUT2D eigenvalue weighted by Gasteiger charge is -2.04. The molecular weight excluding hydrogens is 301 g/mol. The van der Waals surface area contributed by atoms with Crippen LogP contribution in [0.3, 0.4) is 0 Å². The molecule has 14 heavy (non-hydrogen) atoms. The van der Waals surface area contributed by atoms with Gasteiger partial charge >= 0.3 is 5.97 Å². The Kier molecular flexibility index (Phi) is 3.86. The van der Waals surface area contributed by atoms with Crippen LogP contribution < -0.4 is 10.9 Å². The first-order chi connectivity index (χ1) is 6.65. The Morgan fingerprint density at radius 3 is 3.14 bits per heavy atom. The third-order valence-electron chi connectivity index (χ3n) is 1.42. The van der Waals surface area contributed by atoms with Gasteiger partial charge in [0.05, 0.1) is 13.4 Å². The summed E-state index contributed by atoms with van der Waals surface area (Å²) in [7, 11) is 1.29. The van der Waals surface area contributed by atoms with E-state index < -0.39 is 5.97 Å². The second-order valence-corrected chi connectivity index (χ2v) is 3.40. The summed E-state index contributed by atoms with van der Waals surface area (Å²) in [5.74, 6) is -0.0392. The van der Waals surface area contributed by atoms with Crippen molar-refractivity contribution in [1.29, 1.82) is 0 Å². The Morgan fingerprint density at radius 2 is 2.50 bits per heavy atom. The first-order valence-corrected chi connectivity index (χ1v) is 4.77. The SMILES string of the molecule is COC(=O)CNc1nc[nH]c(=O)c1I. The van der Waals surface area contributed by atoms with Crippen molar-refractivity contribution in [2.24, 2.45) is 0 Å². The summed E-state index contributed by atoms with van der Waals surface area (Å²) in [6, 6.07) is 0. The minimum Gasteiger partial charge on any atom is -0.468 e. The van der Waals surface area contributed by atoms with Crippen LogP contribution in [0.15, 0.2) is 11.1 Å². The predicted octanol–water partition coefficient (Wildman–Crippen LogP) is -0.0406. The molecule has 0 saturated carbocycles. The van der Waals surface area contributed by atoms with Crippen LogP contribution in [0.2, 0.25) is 0 Å². The molecule has 0 spiro atoms. The molecule has 2 N–H and O–H groups in total. The summed E-state index contributed by atoms with van der Waals surface area (Å²) in [6.07, 6.45) is 1.27. The van der Waals surface area contributed by atoms with Gasteiger partial charge in [-0.3, -0.25) is 9.59 Å². The van der Waals surface area contributed by atoms with Crippen LogP contribution in [0, 0.1) is 3.57 Å². The fourth-order valence-electron chi connectivity index (χ4n) is 0.734. The van der Waals surface area contributed by atoms with E-state index in [9.17, 15) is 9.59 Å². The van der Waals surface area contributed by atoms with E-state index >= 15 is 0 Å². The van der Waals surface area contributed by atoms with Gasteiger partial charge < -0.3 is 15.0 Å². The lowest BCUT2D eigenvalue weighted by Crippen LogP contribution is -2.20. The number of hydrogen-bond acceptors (Lipinski definition) is 5. The van der Waals surface area contributed by atoms with Gasteiger partial charge in [0.2, 0.25) is 0 Å². The molecule has 1 rings (SSSR count). The number of methoxy groups -OCH3 is 1. The zero-order valence-corrected chi connectivity index (χ0v) is 9.49. The maximum absolute atomic E-state index is 11.1. The van der Waals surface area contributed by atoms with Gasteiger partial charge in [-0.1, -0.05) is 0 Å². The highest BCUT2D eigenvalue weighted by molar-refractivity contribution is 14.1. The van der Waals surface area contributed by atoms with Crippen LogP contribution in [-0.4, -0.2) is 29.6 Å². The molecule has 7 heteroatoms. The summed E-state index contributed by atoms with van der Waals surface area (Å²) in [4.78, 5) is 28.1. The van der Waals surface area contributed by atoms with E-state index in [2.05, 4.69) is 20.0 Å². The van der Waals surface area contributed by atoms with E-state index in [0.717, 1.165) is 0 Å². The lowest BCUT2D eigenvalue weighted by atomic mass is 10.5. The molecule has 6 nitrogen and oxygen atoms in total. The van der Waals surface area contributed by atoms with Gasteiger partial charge in [0, 0.05) is 0 Å². The van der Waals surface area contributed by atoms with E-state index in [1.165, 1.54) is 13.4 Å². The number of carbonyl (C=O) groups excluding carboxylic acids is 1. The smallest absolute Gasteiger partial charge is 0.325 e. The van der Waals surface area contributed by atoms with Gasteiger partial charge in [0.15, 0.2) is 0 Å². The Morgan fingerprint density at radius 1 is 1.79 bits per heavy atom. The summed E-state index contributed by atoms with van der Waals surface area (Å²) in [5.41, 5.74) is -0.243. The Bertz CT molecular complexity index is 390. The molecule has 1 heterocycles. The minimum absolute atomic E-state index is 0.0110. The summed E-state index contributed by atoms with van der Waals surface area (Å²) in [5, 5.41) is 2.69. The van der Waals surface area contributed by atoms with Gasteiger partial charge in [-0.05, 0) is 22.6 Å². The van der Waals surface area contributed by atoms with Crippen LogP contribution in [0.25, 0.3) is 0 Å². The highest BCUT2D eigenvalue weighted by Gasteiger charge is 2.06. The fourth-order valence-corrected chi connectivity index (χ4v) is 1.22. The molecule has 76 valence electrons. The molecule has 0 aromatic carbocycles. The van der Waals surface area contributed by atoms with Crippen molar-refractivity contribution in [2.45, 2.75) is 0 Å². The first kappa shape index (κ1) is 11.0. The van der Waals surface area contributed by atoms with Crippen LogP contribution in [0.4, 0.5) is 5.82 Å². The largest absolute Gasteiger partial charge is 0.468 e. The number of nitrogens with one attached hydrogen (secondary N) is 2. The van der Waals surface area contributed by atoms with Crippen molar-refractivity contribution >= 4 is 34.4 Å². The second kappa shape index (κ2) is 4.94. The maximum Gasteiger partial charge on any atom is 0.325 e. The number of H-pyrrole nitrogens is 1. The quantitative estimate of drug-likeness (QED) is 0.604. The average Bonchev–Trinajstić information content (AvgIpc) is 2.20. The minimum atomic E-state index is -0.414. The van der Waals surface area contributed by atoms with Crippen LogP contribution >= 0.6 is 22.6 Å². The van der Waals surface area contributed by atoms with E-state index in [1.807, 2.05) is 22.6 Å². The molecule has 0 saturated heterocycles. The number of hydrogen-bond donors (Lipinski definition) is 2. The van der Waals surface area contributed by atoms with E-state index in [4.69, 9.17) is 0 Å². The highest BCUT2D eigenvalue weighted by atomic mass is 127. The molecule has 1 aromatic heterocycles. The molecule has 0 aliphatic rings. The number of nitrogens with zero attached hydrogens (tertiary/aromatic N) is 1. The third kappa shape index (κ3) is 2.69. The molecule has 1 aromatic rings. The van der Waals surface area contributed by atoms with E-state index in [-0.39, 0.29) is 12.1 Å². The Balaban J connectivity index is 2.73. The number of aromatic nitrogens is 2. The number of anilines is 1. The van der Waals surface area contributed by atoms with Crippen molar-refractivity contribution in [3.63, 3.8) is 0 Å². The molecule has 0 unspecified atom stereocenters. The second-order valence-electron chi connectivity index (χ2n) is 2.32. The zero-order chi connectivity index (χ0) is 10.6. The van der Waals surface area contributed by atoms with Crippen molar-refractivity contribution < 1.29 is 9.53 Å². The number of ether oxygens (including phenoxy) is 1. The molecule has 0 amide bonds. The van der Waals surface area contributed by atoms with E-state index in [0.29, 0.717) is 9.39 Å². The topological polar surface area (TPSA) is 84.1 Å². The fraction of sp³-hybridized carbons (Fsp3) is 0.286. The standard InChI is InChI=1S/C7H8IN3O3/c1-14-4(12)2-9-6-5(8)7(13)11-3-10-6/h3H,2H2,1H3,(H2,9,10,11,13). The zero-order valence-electron chi connectivity index (χ0n) is 7.33. The first-order valence-electron chi connectivity index (χ1n) is 3.69. The van der Waals surface area contributed by atoms with Gasteiger partial charge in [-0.25, -0.2) is 4.98 Å².